The smallest absolute Gasteiger partial charge is 0.129 e. The van der Waals surface area contributed by atoms with E-state index in [1.54, 1.807) is 7.11 Å². The Bertz CT molecular complexity index is 669. The maximum Gasteiger partial charge on any atom is 0.129 e. The van der Waals surface area contributed by atoms with E-state index in [0.717, 1.165) is 26.9 Å². The molecule has 0 amide bonds. The second kappa shape index (κ2) is 5.70. The third-order valence-electron chi connectivity index (χ3n) is 3.84. The van der Waals surface area contributed by atoms with Gasteiger partial charge in [0.2, 0.25) is 0 Å². The third-order valence-corrected chi connectivity index (χ3v) is 4.73. The third kappa shape index (κ3) is 2.78. The molecular weight excluding hydrogens is 332 g/mol. The fourth-order valence-corrected chi connectivity index (χ4v) is 2.87. The van der Waals surface area contributed by atoms with Crippen LogP contribution < -0.4 is 9.47 Å². The molecule has 1 aliphatic heterocycles. The average molecular weight is 349 g/mol. The molecule has 0 fully saturated rings. The fraction of sp³-hybridized carbons (Fsp3) is 0.294. The highest BCUT2D eigenvalue weighted by Gasteiger charge is 2.28. The predicted octanol–water partition coefficient (Wildman–Crippen LogP) is 4.32. The van der Waals surface area contributed by atoms with Crippen LogP contribution >= 0.6 is 15.9 Å². The number of rotatable bonds is 2. The molecular formula is C17H17BrO3. The second-order valence-corrected chi connectivity index (χ2v) is 6.12. The van der Waals surface area contributed by atoms with Crippen molar-refractivity contribution in [2.45, 2.75) is 25.6 Å². The summed E-state index contributed by atoms with van der Waals surface area (Å²) in [7, 11) is 1.62. The Kier molecular flexibility index (Phi) is 3.91. The van der Waals surface area contributed by atoms with Gasteiger partial charge in [-0.3, -0.25) is 0 Å². The molecule has 0 radical (unpaired) electrons. The van der Waals surface area contributed by atoms with E-state index in [1.165, 1.54) is 0 Å². The number of aryl methyl sites for hydroxylation is 1. The van der Waals surface area contributed by atoms with E-state index in [0.29, 0.717) is 12.2 Å². The van der Waals surface area contributed by atoms with E-state index in [4.69, 9.17) is 9.47 Å². The van der Waals surface area contributed by atoms with Gasteiger partial charge in [-0.05, 0) is 36.2 Å². The highest BCUT2D eigenvalue weighted by Crippen LogP contribution is 2.42. The van der Waals surface area contributed by atoms with Crippen molar-refractivity contribution < 1.29 is 14.6 Å². The van der Waals surface area contributed by atoms with Crippen molar-refractivity contribution in [3.63, 3.8) is 0 Å². The van der Waals surface area contributed by atoms with Crippen LogP contribution in [-0.4, -0.2) is 12.2 Å². The zero-order valence-electron chi connectivity index (χ0n) is 12.0. The summed E-state index contributed by atoms with van der Waals surface area (Å²) in [6.45, 7) is 2.05. The number of methoxy groups -OCH3 is 1. The van der Waals surface area contributed by atoms with E-state index in [-0.39, 0.29) is 6.10 Å². The van der Waals surface area contributed by atoms with E-state index in [2.05, 4.69) is 22.0 Å². The molecule has 0 aromatic heterocycles. The van der Waals surface area contributed by atoms with E-state index in [1.807, 2.05) is 37.3 Å². The van der Waals surface area contributed by atoms with Gasteiger partial charge in [0.15, 0.2) is 0 Å². The molecule has 2 aromatic carbocycles. The SMILES string of the molecule is COc1ccc2c(c1)OC(c1ccc(Br)c(C)c1)C[C@H]2O. The number of benzene rings is 2. The van der Waals surface area contributed by atoms with Crippen LogP contribution in [-0.2, 0) is 0 Å². The standard InChI is InChI=1S/C17H17BrO3/c1-10-7-11(3-6-14(10)18)16-9-15(19)13-5-4-12(20-2)8-17(13)21-16/h3-8,15-16,19H,9H2,1-2H3/t15-,16?/m1/s1. The molecule has 4 heteroatoms. The molecule has 110 valence electrons. The number of hydrogen-bond acceptors (Lipinski definition) is 3. The van der Waals surface area contributed by atoms with Crippen LogP contribution in [0.15, 0.2) is 40.9 Å². The first-order valence-corrected chi connectivity index (χ1v) is 7.66. The summed E-state index contributed by atoms with van der Waals surface area (Å²) in [5.41, 5.74) is 3.05. The Hall–Kier alpha value is -1.52. The van der Waals surface area contributed by atoms with E-state index >= 15 is 0 Å². The molecule has 1 aliphatic rings. The number of aliphatic hydroxyl groups is 1. The maximum absolute atomic E-state index is 10.4. The van der Waals surface area contributed by atoms with Gasteiger partial charge in [-0.15, -0.1) is 0 Å². The lowest BCUT2D eigenvalue weighted by atomic mass is 9.94. The van der Waals surface area contributed by atoms with E-state index < -0.39 is 6.10 Å². The van der Waals surface area contributed by atoms with Crippen LogP contribution in [0.25, 0.3) is 0 Å². The Labute approximate surface area is 132 Å². The van der Waals surface area contributed by atoms with Crippen LogP contribution in [0.5, 0.6) is 11.5 Å². The molecule has 21 heavy (non-hydrogen) atoms. The largest absolute Gasteiger partial charge is 0.497 e. The van der Waals surface area contributed by atoms with Crippen molar-refractivity contribution in [1.82, 2.24) is 0 Å². The Morgan fingerprint density at radius 2 is 2.05 bits per heavy atom. The minimum absolute atomic E-state index is 0.147. The van der Waals surface area contributed by atoms with Crippen LogP contribution in [0.2, 0.25) is 0 Å². The lowest BCUT2D eigenvalue weighted by Gasteiger charge is -2.30. The number of aliphatic hydroxyl groups excluding tert-OH is 1. The molecule has 2 atom stereocenters. The van der Waals surface area contributed by atoms with Gasteiger partial charge < -0.3 is 14.6 Å². The molecule has 2 aromatic rings. The lowest BCUT2D eigenvalue weighted by Crippen LogP contribution is -2.19. The van der Waals surface area contributed by atoms with Crippen molar-refractivity contribution in [3.05, 3.63) is 57.6 Å². The van der Waals surface area contributed by atoms with Gasteiger partial charge in [-0.2, -0.15) is 0 Å². The summed E-state index contributed by atoms with van der Waals surface area (Å²) in [6.07, 6.45) is -0.111. The summed E-state index contributed by atoms with van der Waals surface area (Å²) < 4.78 is 12.4. The Morgan fingerprint density at radius 3 is 2.76 bits per heavy atom. The minimum atomic E-state index is -0.520. The maximum atomic E-state index is 10.4. The molecule has 0 aliphatic carbocycles. The molecule has 0 saturated carbocycles. The average Bonchev–Trinajstić information content (AvgIpc) is 2.49. The van der Waals surface area contributed by atoms with E-state index in [9.17, 15) is 5.11 Å². The fourth-order valence-electron chi connectivity index (χ4n) is 2.62. The van der Waals surface area contributed by atoms with Gasteiger partial charge in [0.05, 0.1) is 13.2 Å². The molecule has 1 unspecified atom stereocenters. The van der Waals surface area contributed by atoms with Gasteiger partial charge in [0.25, 0.3) is 0 Å². The number of ether oxygens (including phenoxy) is 2. The van der Waals surface area contributed by atoms with Gasteiger partial charge in [0.1, 0.15) is 17.6 Å². The topological polar surface area (TPSA) is 38.7 Å². The van der Waals surface area contributed by atoms with Crippen molar-refractivity contribution in [2.75, 3.05) is 7.11 Å². The number of halogens is 1. The van der Waals surface area contributed by atoms with Crippen molar-refractivity contribution in [2.24, 2.45) is 0 Å². The van der Waals surface area contributed by atoms with Gasteiger partial charge >= 0.3 is 0 Å². The molecule has 1 heterocycles. The summed E-state index contributed by atoms with van der Waals surface area (Å²) in [6, 6.07) is 11.7. The van der Waals surface area contributed by atoms with Crippen molar-refractivity contribution in [1.29, 1.82) is 0 Å². The first kappa shape index (κ1) is 14.4. The van der Waals surface area contributed by atoms with Crippen LogP contribution in [0.1, 0.15) is 35.3 Å². The Morgan fingerprint density at radius 1 is 1.24 bits per heavy atom. The van der Waals surface area contributed by atoms with Crippen LogP contribution in [0.4, 0.5) is 0 Å². The normalized spacial score (nSPS) is 20.6. The van der Waals surface area contributed by atoms with Crippen LogP contribution in [0, 0.1) is 6.92 Å². The van der Waals surface area contributed by atoms with Crippen molar-refractivity contribution >= 4 is 15.9 Å². The quantitative estimate of drug-likeness (QED) is 0.877. The monoisotopic (exact) mass is 348 g/mol. The second-order valence-electron chi connectivity index (χ2n) is 5.27. The molecule has 0 saturated heterocycles. The summed E-state index contributed by atoms with van der Waals surface area (Å²) in [5, 5.41) is 10.4. The molecule has 1 N–H and O–H groups in total. The summed E-state index contributed by atoms with van der Waals surface area (Å²) in [5.74, 6) is 1.42. The Balaban J connectivity index is 1.94. The highest BCUT2D eigenvalue weighted by atomic mass is 79.9. The first-order chi connectivity index (χ1) is 10.1. The molecule has 0 spiro atoms. The zero-order valence-corrected chi connectivity index (χ0v) is 13.6. The highest BCUT2D eigenvalue weighted by molar-refractivity contribution is 9.10. The summed E-state index contributed by atoms with van der Waals surface area (Å²) >= 11 is 3.50. The lowest BCUT2D eigenvalue weighted by molar-refractivity contribution is 0.0654. The first-order valence-electron chi connectivity index (χ1n) is 6.87. The predicted molar refractivity (Wildman–Crippen MR) is 84.8 cm³/mol. The minimum Gasteiger partial charge on any atom is -0.497 e. The zero-order chi connectivity index (χ0) is 15.0. The van der Waals surface area contributed by atoms with Gasteiger partial charge in [0, 0.05) is 22.5 Å². The number of fused-ring (bicyclic) bond motifs is 1. The molecule has 3 nitrogen and oxygen atoms in total. The number of hydrogen-bond donors (Lipinski definition) is 1. The van der Waals surface area contributed by atoms with Crippen LogP contribution in [0.3, 0.4) is 0 Å². The summed E-state index contributed by atoms with van der Waals surface area (Å²) in [4.78, 5) is 0. The molecule has 3 rings (SSSR count). The van der Waals surface area contributed by atoms with Crippen molar-refractivity contribution in [3.8, 4) is 11.5 Å². The van der Waals surface area contributed by atoms with Gasteiger partial charge in [-0.25, -0.2) is 0 Å². The molecule has 0 bridgehead atoms. The van der Waals surface area contributed by atoms with Gasteiger partial charge in [-0.1, -0.05) is 28.1 Å².